The molecule has 1 saturated heterocycles. The molecule has 9 heteroatoms. The Labute approximate surface area is 127 Å². The molecule has 1 unspecified atom stereocenters. The molecule has 1 aliphatic rings. The topological polar surface area (TPSA) is 96.4 Å². The first-order valence-corrected chi connectivity index (χ1v) is 9.33. The van der Waals surface area contributed by atoms with Crippen LogP contribution in [0.3, 0.4) is 0 Å². The summed E-state index contributed by atoms with van der Waals surface area (Å²) in [7, 11) is -3.39. The standard InChI is InChI=1S/C12H17N3O4S2/c1-2-21(18,19)8-10(16)15-6-3-4-9(15)11(17)14-12-13-5-7-20-12/h5,7,9H,2-4,6,8H2,1H3,(H,13,14,17). The van der Waals surface area contributed by atoms with Crippen molar-refractivity contribution in [3.8, 4) is 0 Å². The first-order valence-electron chi connectivity index (χ1n) is 6.63. The molecule has 1 atom stereocenters. The van der Waals surface area contributed by atoms with Crippen LogP contribution in [0.25, 0.3) is 0 Å². The highest BCUT2D eigenvalue weighted by atomic mass is 32.2. The van der Waals surface area contributed by atoms with Crippen LogP contribution in [0.2, 0.25) is 0 Å². The molecule has 2 amide bonds. The fourth-order valence-corrected chi connectivity index (χ4v) is 3.46. The van der Waals surface area contributed by atoms with E-state index in [9.17, 15) is 18.0 Å². The third kappa shape index (κ3) is 4.01. The maximum absolute atomic E-state index is 12.2. The molecular weight excluding hydrogens is 314 g/mol. The Hall–Kier alpha value is -1.48. The number of hydrogen-bond acceptors (Lipinski definition) is 6. The number of rotatable bonds is 5. The van der Waals surface area contributed by atoms with Gasteiger partial charge in [0.05, 0.1) is 0 Å². The Morgan fingerprint density at radius 2 is 2.29 bits per heavy atom. The highest BCUT2D eigenvalue weighted by molar-refractivity contribution is 7.92. The van der Waals surface area contributed by atoms with E-state index in [0.717, 1.165) is 0 Å². The predicted molar refractivity (Wildman–Crippen MR) is 79.8 cm³/mol. The van der Waals surface area contributed by atoms with E-state index in [1.165, 1.54) is 23.2 Å². The lowest BCUT2D eigenvalue weighted by molar-refractivity contribution is -0.134. The summed E-state index contributed by atoms with van der Waals surface area (Å²) in [4.78, 5) is 29.6. The van der Waals surface area contributed by atoms with Gasteiger partial charge in [-0.3, -0.25) is 9.59 Å². The smallest absolute Gasteiger partial charge is 0.248 e. The van der Waals surface area contributed by atoms with Gasteiger partial charge in [0.15, 0.2) is 15.0 Å². The van der Waals surface area contributed by atoms with Gasteiger partial charge in [-0.1, -0.05) is 6.92 Å². The summed E-state index contributed by atoms with van der Waals surface area (Å²) in [5, 5.41) is 4.86. The summed E-state index contributed by atoms with van der Waals surface area (Å²) >= 11 is 1.29. The van der Waals surface area contributed by atoms with Crippen LogP contribution in [0.1, 0.15) is 19.8 Å². The molecule has 116 valence electrons. The van der Waals surface area contributed by atoms with Crippen molar-refractivity contribution in [3.63, 3.8) is 0 Å². The number of aromatic nitrogens is 1. The van der Waals surface area contributed by atoms with Crippen LogP contribution in [-0.4, -0.2) is 54.2 Å². The van der Waals surface area contributed by atoms with E-state index in [1.807, 2.05) is 0 Å². The average molecular weight is 331 g/mol. The Morgan fingerprint density at radius 3 is 2.90 bits per heavy atom. The van der Waals surface area contributed by atoms with Crippen LogP contribution in [0.5, 0.6) is 0 Å². The zero-order chi connectivity index (χ0) is 15.5. The fraction of sp³-hybridized carbons (Fsp3) is 0.583. The highest BCUT2D eigenvalue weighted by Crippen LogP contribution is 2.20. The van der Waals surface area contributed by atoms with Crippen molar-refractivity contribution in [1.29, 1.82) is 0 Å². The highest BCUT2D eigenvalue weighted by Gasteiger charge is 2.35. The molecule has 1 fully saturated rings. The lowest BCUT2D eigenvalue weighted by atomic mass is 10.2. The summed E-state index contributed by atoms with van der Waals surface area (Å²) in [6, 6.07) is -0.617. The van der Waals surface area contributed by atoms with E-state index < -0.39 is 27.5 Å². The van der Waals surface area contributed by atoms with E-state index in [-0.39, 0.29) is 11.7 Å². The molecule has 1 aliphatic heterocycles. The van der Waals surface area contributed by atoms with Crippen molar-refractivity contribution in [1.82, 2.24) is 9.88 Å². The van der Waals surface area contributed by atoms with Crippen LogP contribution < -0.4 is 5.32 Å². The number of sulfone groups is 1. The Kier molecular flexibility index (Phi) is 4.94. The van der Waals surface area contributed by atoms with Crippen LogP contribution in [0.4, 0.5) is 5.13 Å². The SMILES string of the molecule is CCS(=O)(=O)CC(=O)N1CCCC1C(=O)Nc1nccs1. The Morgan fingerprint density at radius 1 is 1.52 bits per heavy atom. The number of carbonyl (C=O) groups excluding carboxylic acids is 2. The third-order valence-corrected chi connectivity index (χ3v) is 5.58. The third-order valence-electron chi connectivity index (χ3n) is 3.32. The second-order valence-corrected chi connectivity index (χ2v) is 8.00. The number of thiazole rings is 1. The van der Waals surface area contributed by atoms with Gasteiger partial charge in [0.2, 0.25) is 11.8 Å². The fourth-order valence-electron chi connectivity index (χ4n) is 2.18. The number of hydrogen-bond donors (Lipinski definition) is 1. The van der Waals surface area contributed by atoms with Crippen LogP contribution in [0, 0.1) is 0 Å². The summed E-state index contributed by atoms with van der Waals surface area (Å²) in [5.41, 5.74) is 0. The minimum Gasteiger partial charge on any atom is -0.330 e. The first kappa shape index (κ1) is 15.9. The van der Waals surface area contributed by atoms with Gasteiger partial charge >= 0.3 is 0 Å². The summed E-state index contributed by atoms with van der Waals surface area (Å²) in [5.74, 6) is -1.44. The van der Waals surface area contributed by atoms with Gasteiger partial charge in [0, 0.05) is 23.9 Å². The molecule has 0 aliphatic carbocycles. The largest absolute Gasteiger partial charge is 0.330 e. The lowest BCUT2D eigenvalue weighted by Gasteiger charge is -2.23. The van der Waals surface area contributed by atoms with Gasteiger partial charge in [0.25, 0.3) is 0 Å². The van der Waals surface area contributed by atoms with E-state index in [2.05, 4.69) is 10.3 Å². The van der Waals surface area contributed by atoms with E-state index in [0.29, 0.717) is 24.5 Å². The maximum Gasteiger partial charge on any atom is 0.248 e. The van der Waals surface area contributed by atoms with Gasteiger partial charge in [-0.15, -0.1) is 11.3 Å². The summed E-state index contributed by atoms with van der Waals surface area (Å²) < 4.78 is 23.1. The Balaban J connectivity index is 2.02. The second-order valence-electron chi connectivity index (χ2n) is 4.75. The van der Waals surface area contributed by atoms with E-state index in [4.69, 9.17) is 0 Å². The average Bonchev–Trinajstić information content (AvgIpc) is 3.08. The predicted octanol–water partition coefficient (Wildman–Crippen LogP) is 0.507. The molecular formula is C12H17N3O4S2. The molecule has 0 radical (unpaired) electrons. The van der Waals surface area contributed by atoms with Crippen molar-refractivity contribution >= 4 is 38.1 Å². The molecule has 0 aromatic carbocycles. The minimum atomic E-state index is -3.39. The van der Waals surface area contributed by atoms with Gasteiger partial charge in [-0.2, -0.15) is 0 Å². The molecule has 0 spiro atoms. The Bertz CT molecular complexity index is 612. The monoisotopic (exact) mass is 331 g/mol. The molecule has 1 N–H and O–H groups in total. The molecule has 7 nitrogen and oxygen atoms in total. The van der Waals surface area contributed by atoms with Crippen molar-refractivity contribution in [3.05, 3.63) is 11.6 Å². The summed E-state index contributed by atoms with van der Waals surface area (Å²) in [6.07, 6.45) is 2.80. The molecule has 1 aromatic heterocycles. The van der Waals surface area contributed by atoms with Crippen molar-refractivity contribution in [2.75, 3.05) is 23.4 Å². The number of nitrogens with zero attached hydrogens (tertiary/aromatic N) is 2. The van der Waals surface area contributed by atoms with Crippen LogP contribution in [0.15, 0.2) is 11.6 Å². The first-order chi connectivity index (χ1) is 9.93. The molecule has 21 heavy (non-hydrogen) atoms. The normalized spacial score (nSPS) is 18.7. The lowest BCUT2D eigenvalue weighted by Crippen LogP contribution is -2.45. The van der Waals surface area contributed by atoms with E-state index >= 15 is 0 Å². The van der Waals surface area contributed by atoms with E-state index in [1.54, 1.807) is 11.6 Å². The summed E-state index contributed by atoms with van der Waals surface area (Å²) in [6.45, 7) is 1.91. The maximum atomic E-state index is 12.2. The number of anilines is 1. The molecule has 0 bridgehead atoms. The molecule has 1 aromatic rings. The van der Waals surface area contributed by atoms with Gasteiger partial charge < -0.3 is 10.2 Å². The number of amides is 2. The number of nitrogens with one attached hydrogen (secondary N) is 1. The quantitative estimate of drug-likeness (QED) is 0.848. The van der Waals surface area contributed by atoms with Crippen molar-refractivity contribution < 1.29 is 18.0 Å². The van der Waals surface area contributed by atoms with Crippen LogP contribution >= 0.6 is 11.3 Å². The van der Waals surface area contributed by atoms with Crippen LogP contribution in [-0.2, 0) is 19.4 Å². The molecule has 2 rings (SSSR count). The zero-order valence-corrected chi connectivity index (χ0v) is 13.2. The minimum absolute atomic E-state index is 0.0808. The zero-order valence-electron chi connectivity index (χ0n) is 11.6. The molecule has 2 heterocycles. The number of likely N-dealkylation sites (tertiary alicyclic amines) is 1. The van der Waals surface area contributed by atoms with Gasteiger partial charge in [0.1, 0.15) is 11.8 Å². The van der Waals surface area contributed by atoms with Crippen molar-refractivity contribution in [2.24, 2.45) is 0 Å². The molecule has 0 saturated carbocycles. The van der Waals surface area contributed by atoms with Gasteiger partial charge in [-0.05, 0) is 12.8 Å². The second kappa shape index (κ2) is 6.52. The number of carbonyl (C=O) groups is 2. The van der Waals surface area contributed by atoms with Crippen molar-refractivity contribution in [2.45, 2.75) is 25.8 Å². The van der Waals surface area contributed by atoms with Gasteiger partial charge in [-0.25, -0.2) is 13.4 Å².